The molecule has 144 valence electrons. The van der Waals surface area contributed by atoms with Gasteiger partial charge in [0.25, 0.3) is 11.8 Å². The molecule has 0 atom stereocenters. The molecule has 0 aliphatic rings. The molecule has 0 fully saturated rings. The highest BCUT2D eigenvalue weighted by Crippen LogP contribution is 2.17. The number of rotatable bonds is 8. The SMILES string of the molecule is CCCCCCOc1ccc(C(=O)NNC(=O)c2ccc(C)c(Br)c2)cc1. The zero-order chi connectivity index (χ0) is 19.6. The molecule has 2 amide bonds. The van der Waals surface area contributed by atoms with Crippen molar-refractivity contribution in [3.8, 4) is 5.75 Å². The van der Waals surface area contributed by atoms with E-state index in [1.165, 1.54) is 12.8 Å². The van der Waals surface area contributed by atoms with Crippen molar-refractivity contribution in [1.82, 2.24) is 10.9 Å². The third kappa shape index (κ3) is 6.71. The van der Waals surface area contributed by atoms with Gasteiger partial charge in [-0.1, -0.05) is 48.2 Å². The van der Waals surface area contributed by atoms with Gasteiger partial charge in [-0.2, -0.15) is 0 Å². The predicted molar refractivity (Wildman–Crippen MR) is 110 cm³/mol. The fourth-order valence-corrected chi connectivity index (χ4v) is 2.79. The average Bonchev–Trinajstić information content (AvgIpc) is 2.68. The van der Waals surface area contributed by atoms with Crippen LogP contribution >= 0.6 is 15.9 Å². The highest BCUT2D eigenvalue weighted by molar-refractivity contribution is 9.10. The van der Waals surface area contributed by atoms with Crippen molar-refractivity contribution in [2.45, 2.75) is 39.5 Å². The van der Waals surface area contributed by atoms with Crippen molar-refractivity contribution in [3.05, 3.63) is 63.6 Å². The fourth-order valence-electron chi connectivity index (χ4n) is 2.41. The van der Waals surface area contributed by atoms with E-state index in [1.54, 1.807) is 36.4 Å². The number of hydrazine groups is 1. The summed E-state index contributed by atoms with van der Waals surface area (Å²) in [6.07, 6.45) is 4.60. The Morgan fingerprint density at radius 3 is 2.19 bits per heavy atom. The van der Waals surface area contributed by atoms with E-state index in [9.17, 15) is 9.59 Å². The van der Waals surface area contributed by atoms with Gasteiger partial charge in [-0.15, -0.1) is 0 Å². The molecule has 0 aliphatic heterocycles. The minimum Gasteiger partial charge on any atom is -0.494 e. The first-order chi connectivity index (χ1) is 13.0. The number of hydrogen-bond donors (Lipinski definition) is 2. The number of amides is 2. The number of nitrogens with one attached hydrogen (secondary N) is 2. The lowest BCUT2D eigenvalue weighted by Gasteiger charge is -2.09. The first kappa shape index (κ1) is 21.0. The lowest BCUT2D eigenvalue weighted by Crippen LogP contribution is -2.41. The van der Waals surface area contributed by atoms with Crippen LogP contribution in [0.3, 0.4) is 0 Å². The zero-order valence-corrected chi connectivity index (χ0v) is 17.3. The lowest BCUT2D eigenvalue weighted by atomic mass is 10.1. The van der Waals surface area contributed by atoms with Gasteiger partial charge < -0.3 is 4.74 Å². The quantitative estimate of drug-likeness (QED) is 0.465. The van der Waals surface area contributed by atoms with Gasteiger partial charge in [0.1, 0.15) is 5.75 Å². The molecule has 0 spiro atoms. The molecule has 6 heteroatoms. The molecule has 0 heterocycles. The summed E-state index contributed by atoms with van der Waals surface area (Å²) in [6.45, 7) is 4.78. The van der Waals surface area contributed by atoms with Gasteiger partial charge in [-0.05, 0) is 55.3 Å². The largest absolute Gasteiger partial charge is 0.494 e. The van der Waals surface area contributed by atoms with Crippen molar-refractivity contribution in [2.24, 2.45) is 0 Å². The van der Waals surface area contributed by atoms with E-state index in [0.29, 0.717) is 17.7 Å². The van der Waals surface area contributed by atoms with Crippen molar-refractivity contribution < 1.29 is 14.3 Å². The smallest absolute Gasteiger partial charge is 0.269 e. The first-order valence-corrected chi connectivity index (χ1v) is 9.90. The Labute approximate surface area is 168 Å². The van der Waals surface area contributed by atoms with Crippen LogP contribution in [-0.4, -0.2) is 18.4 Å². The summed E-state index contributed by atoms with van der Waals surface area (Å²) >= 11 is 3.39. The summed E-state index contributed by atoms with van der Waals surface area (Å²) in [4.78, 5) is 24.3. The number of hydrogen-bond acceptors (Lipinski definition) is 3. The second-order valence-corrected chi connectivity index (χ2v) is 7.16. The van der Waals surface area contributed by atoms with Gasteiger partial charge in [-0.3, -0.25) is 20.4 Å². The number of ether oxygens (including phenoxy) is 1. The highest BCUT2D eigenvalue weighted by atomic mass is 79.9. The van der Waals surface area contributed by atoms with Crippen LogP contribution in [0, 0.1) is 6.92 Å². The molecule has 2 N–H and O–H groups in total. The van der Waals surface area contributed by atoms with Crippen LogP contribution in [0.5, 0.6) is 5.75 Å². The first-order valence-electron chi connectivity index (χ1n) is 9.11. The number of carbonyl (C=O) groups is 2. The number of carbonyl (C=O) groups excluding carboxylic acids is 2. The Kier molecular flexibility index (Phi) is 8.33. The molecule has 2 aromatic rings. The minimum absolute atomic E-state index is 0.379. The third-order valence-corrected chi connectivity index (χ3v) is 4.96. The summed E-state index contributed by atoms with van der Waals surface area (Å²) in [7, 11) is 0. The minimum atomic E-state index is -0.385. The predicted octanol–water partition coefficient (Wildman–Crippen LogP) is 4.79. The normalized spacial score (nSPS) is 10.3. The van der Waals surface area contributed by atoms with Gasteiger partial charge in [0.15, 0.2) is 0 Å². The molecule has 2 rings (SSSR count). The molecule has 0 unspecified atom stereocenters. The van der Waals surface area contributed by atoms with Crippen molar-refractivity contribution >= 4 is 27.7 Å². The van der Waals surface area contributed by atoms with Crippen molar-refractivity contribution in [1.29, 1.82) is 0 Å². The molecular formula is C21H25BrN2O3. The second kappa shape index (κ2) is 10.7. The molecule has 0 saturated carbocycles. The van der Waals surface area contributed by atoms with Crippen LogP contribution in [-0.2, 0) is 0 Å². The van der Waals surface area contributed by atoms with Crippen LogP contribution in [0.1, 0.15) is 58.9 Å². The maximum absolute atomic E-state index is 12.2. The Balaban J connectivity index is 1.81. The van der Waals surface area contributed by atoms with Crippen LogP contribution < -0.4 is 15.6 Å². The molecule has 0 bridgehead atoms. The highest BCUT2D eigenvalue weighted by Gasteiger charge is 2.10. The third-order valence-electron chi connectivity index (χ3n) is 4.11. The van der Waals surface area contributed by atoms with Crippen LogP contribution in [0.4, 0.5) is 0 Å². The Bertz CT molecular complexity index is 775. The summed E-state index contributed by atoms with van der Waals surface area (Å²) in [5, 5.41) is 0. The molecule has 0 saturated heterocycles. The van der Waals surface area contributed by atoms with Gasteiger partial charge in [0.05, 0.1) is 6.61 Å². The number of halogens is 1. The second-order valence-electron chi connectivity index (χ2n) is 6.31. The molecule has 2 aromatic carbocycles. The molecule has 0 aliphatic carbocycles. The van der Waals surface area contributed by atoms with Crippen LogP contribution in [0.25, 0.3) is 0 Å². The van der Waals surface area contributed by atoms with E-state index in [2.05, 4.69) is 33.7 Å². The Morgan fingerprint density at radius 1 is 0.926 bits per heavy atom. The van der Waals surface area contributed by atoms with Gasteiger partial charge in [0, 0.05) is 15.6 Å². The fraction of sp³-hybridized carbons (Fsp3) is 0.333. The number of benzene rings is 2. The topological polar surface area (TPSA) is 67.4 Å². The lowest BCUT2D eigenvalue weighted by molar-refractivity contribution is 0.0846. The standard InChI is InChI=1S/C21H25BrN2O3/c1-3-4-5-6-13-27-18-11-9-16(10-12-18)20(25)23-24-21(26)17-8-7-15(2)19(22)14-17/h7-12,14H,3-6,13H2,1-2H3,(H,23,25)(H,24,26). The van der Waals surface area contributed by atoms with E-state index < -0.39 is 0 Å². The van der Waals surface area contributed by atoms with E-state index in [0.717, 1.165) is 28.6 Å². The monoisotopic (exact) mass is 432 g/mol. The molecule has 0 aromatic heterocycles. The van der Waals surface area contributed by atoms with Crippen molar-refractivity contribution in [3.63, 3.8) is 0 Å². The molecule has 5 nitrogen and oxygen atoms in total. The summed E-state index contributed by atoms with van der Waals surface area (Å²) in [5.74, 6) is -0.0308. The van der Waals surface area contributed by atoms with E-state index in [1.807, 2.05) is 13.0 Å². The van der Waals surface area contributed by atoms with E-state index in [4.69, 9.17) is 4.74 Å². The van der Waals surface area contributed by atoms with Gasteiger partial charge in [0.2, 0.25) is 0 Å². The maximum atomic E-state index is 12.2. The van der Waals surface area contributed by atoms with Gasteiger partial charge >= 0.3 is 0 Å². The summed E-state index contributed by atoms with van der Waals surface area (Å²) in [5.41, 5.74) is 6.78. The molecular weight excluding hydrogens is 408 g/mol. The van der Waals surface area contributed by atoms with Crippen LogP contribution in [0.2, 0.25) is 0 Å². The number of unbranched alkanes of at least 4 members (excludes halogenated alkanes) is 3. The average molecular weight is 433 g/mol. The maximum Gasteiger partial charge on any atom is 0.269 e. The zero-order valence-electron chi connectivity index (χ0n) is 15.7. The number of aryl methyl sites for hydroxylation is 1. The molecule has 27 heavy (non-hydrogen) atoms. The Hall–Kier alpha value is -2.34. The van der Waals surface area contributed by atoms with Gasteiger partial charge in [-0.25, -0.2) is 0 Å². The van der Waals surface area contributed by atoms with E-state index >= 15 is 0 Å². The van der Waals surface area contributed by atoms with Crippen LogP contribution in [0.15, 0.2) is 46.9 Å². The molecule has 0 radical (unpaired) electrons. The summed E-state index contributed by atoms with van der Waals surface area (Å²) < 4.78 is 6.50. The van der Waals surface area contributed by atoms with E-state index in [-0.39, 0.29) is 11.8 Å². The Morgan fingerprint density at radius 2 is 1.56 bits per heavy atom. The summed E-state index contributed by atoms with van der Waals surface area (Å²) in [6, 6.07) is 12.1. The van der Waals surface area contributed by atoms with Crippen molar-refractivity contribution in [2.75, 3.05) is 6.61 Å².